The number of nitrogens with one attached hydrogen (secondary N) is 1. The van der Waals surface area contributed by atoms with E-state index in [1.807, 2.05) is 23.1 Å². The molecule has 2 heterocycles. The number of rotatable bonds is 5. The number of aromatic nitrogens is 1. The molecule has 1 aromatic carbocycles. The normalized spacial score (nSPS) is 17.9. The molecule has 0 bridgehead atoms. The predicted molar refractivity (Wildman–Crippen MR) is 103 cm³/mol. The van der Waals surface area contributed by atoms with Crippen molar-refractivity contribution in [2.75, 3.05) is 31.1 Å². The van der Waals surface area contributed by atoms with Gasteiger partial charge in [-0.2, -0.15) is 0 Å². The first-order valence-corrected chi connectivity index (χ1v) is 9.57. The van der Waals surface area contributed by atoms with Crippen molar-refractivity contribution in [3.8, 4) is 0 Å². The van der Waals surface area contributed by atoms with Crippen molar-refractivity contribution in [3.05, 3.63) is 60.2 Å². The summed E-state index contributed by atoms with van der Waals surface area (Å²) < 4.78 is 14.0. The van der Waals surface area contributed by atoms with E-state index in [-0.39, 0.29) is 17.6 Å². The van der Waals surface area contributed by atoms with E-state index in [1.54, 1.807) is 29.3 Å². The van der Waals surface area contributed by atoms with E-state index in [4.69, 9.17) is 0 Å². The maximum Gasteiger partial charge on any atom is 0.238 e. The molecule has 7 heteroatoms. The smallest absolute Gasteiger partial charge is 0.238 e. The number of amides is 2. The minimum absolute atomic E-state index is 0.112. The van der Waals surface area contributed by atoms with Crippen LogP contribution in [0.15, 0.2) is 48.7 Å². The molecular weight excluding hydrogens is 359 g/mol. The summed E-state index contributed by atoms with van der Waals surface area (Å²) in [6, 6.07) is 12.2. The second-order valence-electron chi connectivity index (χ2n) is 7.32. The van der Waals surface area contributed by atoms with E-state index in [9.17, 15) is 14.0 Å². The first-order chi connectivity index (χ1) is 13.6. The van der Waals surface area contributed by atoms with Gasteiger partial charge in [0.1, 0.15) is 11.2 Å². The molecule has 2 amide bonds. The van der Waals surface area contributed by atoms with Crippen LogP contribution in [-0.2, 0) is 16.1 Å². The highest BCUT2D eigenvalue weighted by Gasteiger charge is 2.58. The highest BCUT2D eigenvalue weighted by molar-refractivity contribution is 6.07. The lowest BCUT2D eigenvalue weighted by molar-refractivity contribution is -0.144. The highest BCUT2D eigenvalue weighted by Crippen LogP contribution is 2.47. The van der Waals surface area contributed by atoms with Gasteiger partial charge in [0.25, 0.3) is 0 Å². The Bertz CT molecular complexity index is 862. The Kier molecular flexibility index (Phi) is 4.98. The summed E-state index contributed by atoms with van der Waals surface area (Å²) in [5, 5.41) is 2.85. The molecule has 146 valence electrons. The van der Waals surface area contributed by atoms with E-state index < -0.39 is 5.41 Å². The SMILES string of the molecule is O=C(NCc1ccccn1)C1(C(=O)N2CCN(c3ccccc3F)CC2)CC1. The molecule has 6 nitrogen and oxygen atoms in total. The quantitative estimate of drug-likeness (QED) is 0.803. The van der Waals surface area contributed by atoms with Crippen LogP contribution in [0.4, 0.5) is 10.1 Å². The molecule has 1 N–H and O–H groups in total. The number of carbonyl (C=O) groups excluding carboxylic acids is 2. The molecule has 1 aromatic heterocycles. The maximum atomic E-state index is 14.0. The van der Waals surface area contributed by atoms with Crippen LogP contribution in [0.5, 0.6) is 0 Å². The van der Waals surface area contributed by atoms with E-state index in [0.717, 1.165) is 5.69 Å². The fraction of sp³-hybridized carbons (Fsp3) is 0.381. The number of piperazine rings is 1. The van der Waals surface area contributed by atoms with Crippen LogP contribution in [0.1, 0.15) is 18.5 Å². The third kappa shape index (κ3) is 3.56. The van der Waals surface area contributed by atoms with Crippen molar-refractivity contribution in [1.29, 1.82) is 0 Å². The predicted octanol–water partition coefficient (Wildman–Crippen LogP) is 1.97. The molecule has 4 rings (SSSR count). The Hall–Kier alpha value is -2.96. The standard InChI is InChI=1S/C21H23FN4O2/c22-17-6-1-2-7-18(17)25-11-13-26(14-12-25)20(28)21(8-9-21)19(27)24-15-16-5-3-4-10-23-16/h1-7,10H,8-9,11-15H2,(H,24,27). The summed E-state index contributed by atoms with van der Waals surface area (Å²) in [5.74, 6) is -0.589. The average Bonchev–Trinajstić information content (AvgIpc) is 3.55. The molecule has 0 unspecified atom stereocenters. The summed E-state index contributed by atoms with van der Waals surface area (Å²) in [7, 11) is 0. The minimum atomic E-state index is -0.936. The van der Waals surface area contributed by atoms with Gasteiger partial charge < -0.3 is 15.1 Å². The van der Waals surface area contributed by atoms with Gasteiger partial charge in [-0.05, 0) is 37.1 Å². The van der Waals surface area contributed by atoms with Gasteiger partial charge in [0.05, 0.1) is 17.9 Å². The zero-order valence-corrected chi connectivity index (χ0v) is 15.6. The van der Waals surface area contributed by atoms with Gasteiger partial charge in [-0.1, -0.05) is 18.2 Å². The van der Waals surface area contributed by atoms with Crippen LogP contribution in [0.3, 0.4) is 0 Å². The zero-order chi connectivity index (χ0) is 19.6. The van der Waals surface area contributed by atoms with Gasteiger partial charge in [-0.25, -0.2) is 4.39 Å². The van der Waals surface area contributed by atoms with E-state index >= 15 is 0 Å². The highest BCUT2D eigenvalue weighted by atomic mass is 19.1. The Morgan fingerprint density at radius 1 is 1.04 bits per heavy atom. The maximum absolute atomic E-state index is 14.0. The Labute approximate surface area is 163 Å². The van der Waals surface area contributed by atoms with Crippen molar-refractivity contribution in [2.45, 2.75) is 19.4 Å². The molecule has 2 aromatic rings. The Balaban J connectivity index is 1.34. The summed E-state index contributed by atoms with van der Waals surface area (Å²) >= 11 is 0. The molecule has 1 aliphatic heterocycles. The molecule has 1 saturated heterocycles. The molecule has 2 fully saturated rings. The summed E-state index contributed by atoms with van der Waals surface area (Å²) in [4.78, 5) is 33.5. The van der Waals surface area contributed by atoms with Crippen molar-refractivity contribution < 1.29 is 14.0 Å². The van der Waals surface area contributed by atoms with Gasteiger partial charge in [0.15, 0.2) is 0 Å². The number of halogens is 1. The lowest BCUT2D eigenvalue weighted by atomic mass is 10.0. The van der Waals surface area contributed by atoms with Gasteiger partial charge in [-0.15, -0.1) is 0 Å². The third-order valence-electron chi connectivity index (χ3n) is 5.51. The summed E-state index contributed by atoms with van der Waals surface area (Å²) in [6.07, 6.45) is 2.83. The van der Waals surface area contributed by atoms with E-state index in [0.29, 0.717) is 51.3 Å². The topological polar surface area (TPSA) is 65.5 Å². The van der Waals surface area contributed by atoms with Crippen molar-refractivity contribution in [1.82, 2.24) is 15.2 Å². The fourth-order valence-electron chi connectivity index (χ4n) is 3.67. The van der Waals surface area contributed by atoms with Gasteiger partial charge in [0.2, 0.25) is 11.8 Å². The molecular formula is C21H23FN4O2. The van der Waals surface area contributed by atoms with Crippen LogP contribution in [-0.4, -0.2) is 47.9 Å². The first kappa shape index (κ1) is 18.4. The lowest BCUT2D eigenvalue weighted by Gasteiger charge is -2.37. The minimum Gasteiger partial charge on any atom is -0.366 e. The number of carbonyl (C=O) groups is 2. The first-order valence-electron chi connectivity index (χ1n) is 9.57. The van der Waals surface area contributed by atoms with Crippen molar-refractivity contribution in [2.24, 2.45) is 5.41 Å². The molecule has 2 aliphatic rings. The second-order valence-corrected chi connectivity index (χ2v) is 7.32. The number of hydrogen-bond donors (Lipinski definition) is 1. The van der Waals surface area contributed by atoms with Crippen molar-refractivity contribution >= 4 is 17.5 Å². The summed E-state index contributed by atoms with van der Waals surface area (Å²) in [5.41, 5.74) is 0.385. The number of nitrogens with zero attached hydrogens (tertiary/aromatic N) is 3. The molecule has 28 heavy (non-hydrogen) atoms. The van der Waals surface area contributed by atoms with Gasteiger partial charge in [-0.3, -0.25) is 14.6 Å². The van der Waals surface area contributed by atoms with Crippen LogP contribution in [0.2, 0.25) is 0 Å². The summed E-state index contributed by atoms with van der Waals surface area (Å²) in [6.45, 7) is 2.40. The van der Waals surface area contributed by atoms with E-state index in [1.165, 1.54) is 6.07 Å². The molecule has 0 atom stereocenters. The van der Waals surface area contributed by atoms with Crippen LogP contribution in [0.25, 0.3) is 0 Å². The Morgan fingerprint density at radius 2 is 1.75 bits per heavy atom. The monoisotopic (exact) mass is 382 g/mol. The molecule has 0 spiro atoms. The number of benzene rings is 1. The third-order valence-corrected chi connectivity index (χ3v) is 5.51. The van der Waals surface area contributed by atoms with Gasteiger partial charge >= 0.3 is 0 Å². The zero-order valence-electron chi connectivity index (χ0n) is 15.6. The van der Waals surface area contributed by atoms with Crippen LogP contribution < -0.4 is 10.2 Å². The largest absolute Gasteiger partial charge is 0.366 e. The number of para-hydroxylation sites is 1. The fourth-order valence-corrected chi connectivity index (χ4v) is 3.67. The number of anilines is 1. The molecule has 1 saturated carbocycles. The molecule has 0 radical (unpaired) electrons. The average molecular weight is 382 g/mol. The van der Waals surface area contributed by atoms with Crippen molar-refractivity contribution in [3.63, 3.8) is 0 Å². The van der Waals surface area contributed by atoms with E-state index in [2.05, 4.69) is 10.3 Å². The number of pyridine rings is 1. The Morgan fingerprint density at radius 3 is 2.39 bits per heavy atom. The van der Waals surface area contributed by atoms with Gasteiger partial charge in [0, 0.05) is 32.4 Å². The van der Waals surface area contributed by atoms with Crippen LogP contribution >= 0.6 is 0 Å². The lowest BCUT2D eigenvalue weighted by Crippen LogP contribution is -2.53. The second kappa shape index (κ2) is 7.58. The van der Waals surface area contributed by atoms with Crippen LogP contribution in [0, 0.1) is 11.2 Å². The number of hydrogen-bond acceptors (Lipinski definition) is 4. The molecule has 1 aliphatic carbocycles.